The van der Waals surface area contributed by atoms with Crippen molar-refractivity contribution in [1.29, 1.82) is 0 Å². The summed E-state index contributed by atoms with van der Waals surface area (Å²) in [5, 5.41) is 15.7. The Morgan fingerprint density at radius 1 is 1.62 bits per heavy atom. The summed E-state index contributed by atoms with van der Waals surface area (Å²) in [5.74, 6) is 2.37. The highest BCUT2D eigenvalue weighted by molar-refractivity contribution is 5.03. The number of hydrogen-bond donors (Lipinski definition) is 1. The maximum atomic E-state index is 8.50. The highest BCUT2D eigenvalue weighted by atomic mass is 16.3. The number of aliphatic hydroxyl groups is 1. The van der Waals surface area contributed by atoms with Gasteiger partial charge in [-0.05, 0) is 0 Å². The highest BCUT2D eigenvalue weighted by Crippen LogP contribution is 2.29. The Balaban J connectivity index is 2.35. The lowest BCUT2D eigenvalue weighted by molar-refractivity contribution is 0.246. The molecule has 3 nitrogen and oxygen atoms in total. The summed E-state index contributed by atoms with van der Waals surface area (Å²) in [6.45, 7) is -0.0583. The van der Waals surface area contributed by atoms with E-state index >= 15 is 0 Å². The molecule has 1 N–H and O–H groups in total. The largest absolute Gasteiger partial charge is 0.392 e. The van der Waals surface area contributed by atoms with Crippen LogP contribution in [-0.4, -0.2) is 17.4 Å². The zero-order valence-electron chi connectivity index (χ0n) is 4.33. The Labute approximate surface area is 47.4 Å². The first kappa shape index (κ1) is 5.26. The molecule has 0 aromatic heterocycles. The van der Waals surface area contributed by atoms with Gasteiger partial charge in [-0.1, -0.05) is 0 Å². The van der Waals surface area contributed by atoms with Crippen molar-refractivity contribution in [3.05, 3.63) is 0 Å². The maximum absolute atomic E-state index is 8.50. The van der Waals surface area contributed by atoms with Crippen LogP contribution in [0.2, 0.25) is 0 Å². The summed E-state index contributed by atoms with van der Waals surface area (Å²) in [6, 6.07) is 0. The van der Waals surface area contributed by atoms with E-state index in [-0.39, 0.29) is 6.61 Å². The molecule has 3 heteroatoms. The van der Waals surface area contributed by atoms with E-state index in [2.05, 4.69) is 16.1 Å². The average molecular weight is 110 g/mol. The first-order valence-corrected chi connectivity index (χ1v) is 2.31. The third kappa shape index (κ3) is 0.703. The monoisotopic (exact) mass is 110 g/mol. The van der Waals surface area contributed by atoms with Gasteiger partial charge in [-0.15, -0.1) is 12.3 Å². The van der Waals surface area contributed by atoms with E-state index in [1.54, 1.807) is 0 Å². The number of terminal acetylenes is 1. The first-order chi connectivity index (χ1) is 3.83. The van der Waals surface area contributed by atoms with E-state index in [1.165, 1.54) is 0 Å². The van der Waals surface area contributed by atoms with Crippen LogP contribution in [-0.2, 0) is 0 Å². The fraction of sp³-hybridized carbons (Fsp3) is 0.600. The Bertz CT molecular complexity index is 150. The van der Waals surface area contributed by atoms with Crippen LogP contribution in [0.1, 0.15) is 6.42 Å². The van der Waals surface area contributed by atoms with Crippen molar-refractivity contribution in [2.75, 3.05) is 6.61 Å². The van der Waals surface area contributed by atoms with E-state index in [0.717, 1.165) is 0 Å². The van der Waals surface area contributed by atoms with Crippen molar-refractivity contribution in [3.63, 3.8) is 0 Å². The van der Waals surface area contributed by atoms with E-state index in [9.17, 15) is 0 Å². The smallest absolute Gasteiger partial charge is 0.224 e. The Morgan fingerprint density at radius 2 is 2.25 bits per heavy atom. The molecule has 0 fully saturated rings. The van der Waals surface area contributed by atoms with Gasteiger partial charge < -0.3 is 5.11 Å². The van der Waals surface area contributed by atoms with Gasteiger partial charge in [0.25, 0.3) is 0 Å². The topological polar surface area (TPSA) is 45.0 Å². The molecular formula is C5H6N2O. The van der Waals surface area contributed by atoms with E-state index < -0.39 is 5.66 Å². The van der Waals surface area contributed by atoms with Crippen molar-refractivity contribution in [2.45, 2.75) is 12.1 Å². The van der Waals surface area contributed by atoms with Gasteiger partial charge >= 0.3 is 0 Å². The van der Waals surface area contributed by atoms with Crippen molar-refractivity contribution in [2.24, 2.45) is 10.2 Å². The van der Waals surface area contributed by atoms with Crippen LogP contribution >= 0.6 is 0 Å². The zero-order chi connectivity index (χ0) is 6.04. The van der Waals surface area contributed by atoms with E-state index in [4.69, 9.17) is 11.5 Å². The fourth-order valence-corrected chi connectivity index (χ4v) is 0.424. The second kappa shape index (κ2) is 1.57. The van der Waals surface area contributed by atoms with Gasteiger partial charge in [0.05, 0.1) is 13.0 Å². The van der Waals surface area contributed by atoms with Crippen molar-refractivity contribution in [3.8, 4) is 12.3 Å². The van der Waals surface area contributed by atoms with Crippen LogP contribution in [0.4, 0.5) is 0 Å². The van der Waals surface area contributed by atoms with Gasteiger partial charge in [-0.2, -0.15) is 10.2 Å². The van der Waals surface area contributed by atoms with Gasteiger partial charge in [0, 0.05) is 0 Å². The average Bonchev–Trinajstić information content (AvgIpc) is 2.50. The molecule has 0 radical (unpaired) electrons. The molecule has 0 amide bonds. The molecule has 0 aliphatic carbocycles. The summed E-state index contributed by atoms with van der Waals surface area (Å²) >= 11 is 0. The standard InChI is InChI=1S/C5H6N2O/c1-2-3-5(4-8)6-7-5/h1,8H,3-4H2. The molecule has 1 rings (SSSR count). The van der Waals surface area contributed by atoms with Crippen LogP contribution in [0.3, 0.4) is 0 Å². The Hall–Kier alpha value is -0.880. The molecule has 0 saturated carbocycles. The second-order valence-corrected chi connectivity index (χ2v) is 1.72. The van der Waals surface area contributed by atoms with Gasteiger partial charge in [-0.25, -0.2) is 0 Å². The second-order valence-electron chi connectivity index (χ2n) is 1.72. The lowest BCUT2D eigenvalue weighted by atomic mass is 10.2. The molecule has 1 heterocycles. The minimum Gasteiger partial charge on any atom is -0.392 e. The number of nitrogens with zero attached hydrogens (tertiary/aromatic N) is 2. The predicted octanol–water partition coefficient (Wildman–Crippen LogP) is 0.164. The van der Waals surface area contributed by atoms with Crippen LogP contribution in [0.5, 0.6) is 0 Å². The predicted molar refractivity (Wildman–Crippen MR) is 28.1 cm³/mol. The lowest BCUT2D eigenvalue weighted by Crippen LogP contribution is -2.14. The molecule has 0 aromatic rings. The highest BCUT2D eigenvalue weighted by Gasteiger charge is 2.38. The third-order valence-electron chi connectivity index (χ3n) is 1.02. The fourth-order valence-electron chi connectivity index (χ4n) is 0.424. The quantitative estimate of drug-likeness (QED) is 0.506. The molecular weight excluding hydrogens is 104 g/mol. The number of aliphatic hydroxyl groups excluding tert-OH is 1. The molecule has 8 heavy (non-hydrogen) atoms. The summed E-state index contributed by atoms with van der Waals surface area (Å²) in [4.78, 5) is 0. The lowest BCUT2D eigenvalue weighted by Gasteiger charge is -1.97. The normalized spacial score (nSPS) is 20.0. The zero-order valence-corrected chi connectivity index (χ0v) is 4.33. The molecule has 0 spiro atoms. The van der Waals surface area contributed by atoms with Crippen LogP contribution < -0.4 is 0 Å². The molecule has 0 bridgehead atoms. The van der Waals surface area contributed by atoms with Crippen LogP contribution in [0.15, 0.2) is 10.2 Å². The third-order valence-corrected chi connectivity index (χ3v) is 1.02. The van der Waals surface area contributed by atoms with E-state index in [0.29, 0.717) is 6.42 Å². The Kier molecular flexibility index (Phi) is 1.03. The number of rotatable bonds is 2. The van der Waals surface area contributed by atoms with Gasteiger partial charge in [0.15, 0.2) is 0 Å². The summed E-state index contributed by atoms with van der Waals surface area (Å²) < 4.78 is 0. The van der Waals surface area contributed by atoms with Crippen molar-refractivity contribution >= 4 is 0 Å². The molecule has 42 valence electrons. The Morgan fingerprint density at radius 3 is 2.38 bits per heavy atom. The minimum absolute atomic E-state index is 0.0583. The molecule has 0 saturated heterocycles. The summed E-state index contributed by atoms with van der Waals surface area (Å²) in [7, 11) is 0. The minimum atomic E-state index is -0.589. The van der Waals surface area contributed by atoms with Gasteiger partial charge in [0.1, 0.15) is 0 Å². The molecule has 0 atom stereocenters. The SMILES string of the molecule is C#CCC1(CO)N=N1. The van der Waals surface area contributed by atoms with E-state index in [1.807, 2.05) is 0 Å². The van der Waals surface area contributed by atoms with Crippen molar-refractivity contribution < 1.29 is 5.11 Å². The molecule has 1 aliphatic heterocycles. The molecule has 0 aromatic carbocycles. The van der Waals surface area contributed by atoms with Crippen LogP contribution in [0, 0.1) is 12.3 Å². The van der Waals surface area contributed by atoms with Crippen LogP contribution in [0.25, 0.3) is 0 Å². The first-order valence-electron chi connectivity index (χ1n) is 2.31. The maximum Gasteiger partial charge on any atom is 0.224 e. The summed E-state index contributed by atoms with van der Waals surface area (Å²) in [5.41, 5.74) is -0.589. The van der Waals surface area contributed by atoms with Gasteiger partial charge in [-0.3, -0.25) is 0 Å². The van der Waals surface area contributed by atoms with Crippen molar-refractivity contribution in [1.82, 2.24) is 0 Å². The molecule has 1 aliphatic rings. The summed E-state index contributed by atoms with van der Waals surface area (Å²) in [6.07, 6.45) is 5.37. The molecule has 0 unspecified atom stereocenters. The number of hydrogen-bond acceptors (Lipinski definition) is 3. The van der Waals surface area contributed by atoms with Gasteiger partial charge in [0.2, 0.25) is 5.66 Å².